The minimum absolute atomic E-state index is 0.178. The molecule has 0 unspecified atom stereocenters. The molecule has 0 aliphatic carbocycles. The molecule has 3 heterocycles. The number of ether oxygens (including phenoxy) is 2. The Balaban J connectivity index is 1.71. The number of hydrogen-bond acceptors (Lipinski definition) is 7. The highest BCUT2D eigenvalue weighted by molar-refractivity contribution is 5.96. The summed E-state index contributed by atoms with van der Waals surface area (Å²) < 4.78 is 12.4. The molecule has 1 aliphatic heterocycles. The lowest BCUT2D eigenvalue weighted by Crippen LogP contribution is -2.37. The SMILES string of the molecule is COC(=O)c1ccncc1Nc1cnn([C@@H]2CCCN(C(=O)OC(C)(C)C)CC2)c1C. The Hall–Kier alpha value is -3.10. The van der Waals surface area contributed by atoms with Crippen molar-refractivity contribution in [2.45, 2.75) is 58.6 Å². The largest absolute Gasteiger partial charge is 0.465 e. The van der Waals surface area contributed by atoms with E-state index in [4.69, 9.17) is 9.47 Å². The van der Waals surface area contributed by atoms with E-state index in [1.54, 1.807) is 29.6 Å². The van der Waals surface area contributed by atoms with Crippen LogP contribution in [0.3, 0.4) is 0 Å². The number of likely N-dealkylation sites (tertiary alicyclic amines) is 1. The van der Waals surface area contributed by atoms with E-state index in [0.717, 1.165) is 30.6 Å². The van der Waals surface area contributed by atoms with Crippen LogP contribution in [0.1, 0.15) is 62.1 Å². The molecule has 1 aliphatic rings. The van der Waals surface area contributed by atoms with Gasteiger partial charge in [0.2, 0.25) is 0 Å². The summed E-state index contributed by atoms with van der Waals surface area (Å²) in [7, 11) is 1.35. The van der Waals surface area contributed by atoms with Crippen molar-refractivity contribution in [1.29, 1.82) is 0 Å². The first-order valence-corrected chi connectivity index (χ1v) is 10.5. The molecule has 1 saturated heterocycles. The minimum Gasteiger partial charge on any atom is -0.465 e. The maximum Gasteiger partial charge on any atom is 0.410 e. The van der Waals surface area contributed by atoms with Crippen LogP contribution < -0.4 is 5.32 Å². The zero-order valence-electron chi connectivity index (χ0n) is 18.8. The number of nitrogens with one attached hydrogen (secondary N) is 1. The summed E-state index contributed by atoms with van der Waals surface area (Å²) in [6.45, 7) is 8.91. The number of rotatable bonds is 4. The van der Waals surface area contributed by atoms with Crippen molar-refractivity contribution in [3.8, 4) is 0 Å². The van der Waals surface area contributed by atoms with Gasteiger partial charge in [-0.3, -0.25) is 9.67 Å². The third-order valence-corrected chi connectivity index (χ3v) is 5.24. The first-order chi connectivity index (χ1) is 14.7. The van der Waals surface area contributed by atoms with Gasteiger partial charge in [-0.25, -0.2) is 9.59 Å². The molecule has 2 aromatic rings. The smallest absolute Gasteiger partial charge is 0.410 e. The van der Waals surface area contributed by atoms with Gasteiger partial charge in [0.15, 0.2) is 0 Å². The van der Waals surface area contributed by atoms with Gasteiger partial charge in [-0.1, -0.05) is 0 Å². The molecule has 9 nitrogen and oxygen atoms in total. The van der Waals surface area contributed by atoms with Crippen molar-refractivity contribution >= 4 is 23.4 Å². The van der Waals surface area contributed by atoms with Crippen LogP contribution in [0.5, 0.6) is 0 Å². The predicted octanol–water partition coefficient (Wildman–Crippen LogP) is 4.08. The fraction of sp³-hybridized carbons (Fsp3) is 0.545. The molecule has 0 aromatic carbocycles. The Morgan fingerprint density at radius 1 is 1.16 bits per heavy atom. The minimum atomic E-state index is -0.503. The van der Waals surface area contributed by atoms with E-state index in [2.05, 4.69) is 15.4 Å². The quantitative estimate of drug-likeness (QED) is 0.731. The zero-order chi connectivity index (χ0) is 22.6. The van der Waals surface area contributed by atoms with Crippen LogP contribution in [0, 0.1) is 6.92 Å². The summed E-state index contributed by atoms with van der Waals surface area (Å²) in [5.74, 6) is -0.430. The van der Waals surface area contributed by atoms with Crippen LogP contribution in [0.4, 0.5) is 16.2 Å². The van der Waals surface area contributed by atoms with Gasteiger partial charge in [0.25, 0.3) is 0 Å². The monoisotopic (exact) mass is 429 g/mol. The number of amides is 1. The van der Waals surface area contributed by atoms with Crippen molar-refractivity contribution in [1.82, 2.24) is 19.7 Å². The van der Waals surface area contributed by atoms with E-state index in [-0.39, 0.29) is 12.1 Å². The van der Waals surface area contributed by atoms with E-state index in [1.165, 1.54) is 7.11 Å². The number of anilines is 2. The third kappa shape index (κ3) is 5.53. The molecule has 0 radical (unpaired) electrons. The van der Waals surface area contributed by atoms with E-state index in [1.807, 2.05) is 32.4 Å². The summed E-state index contributed by atoms with van der Waals surface area (Å²) in [5.41, 5.74) is 2.22. The van der Waals surface area contributed by atoms with E-state index >= 15 is 0 Å². The van der Waals surface area contributed by atoms with Gasteiger partial charge in [0.05, 0.1) is 48.2 Å². The highest BCUT2D eigenvalue weighted by Gasteiger charge is 2.27. The van der Waals surface area contributed by atoms with Crippen LogP contribution in [0.25, 0.3) is 0 Å². The number of hydrogen-bond donors (Lipinski definition) is 1. The molecule has 1 amide bonds. The van der Waals surface area contributed by atoms with Crippen LogP contribution >= 0.6 is 0 Å². The average molecular weight is 430 g/mol. The van der Waals surface area contributed by atoms with Gasteiger partial charge in [-0.05, 0) is 53.0 Å². The van der Waals surface area contributed by atoms with Crippen molar-refractivity contribution in [2.75, 3.05) is 25.5 Å². The molecular weight excluding hydrogens is 398 g/mol. The summed E-state index contributed by atoms with van der Waals surface area (Å²) in [4.78, 5) is 30.3. The Bertz CT molecular complexity index is 934. The van der Waals surface area contributed by atoms with Crippen LogP contribution in [0.15, 0.2) is 24.7 Å². The summed E-state index contributed by atoms with van der Waals surface area (Å²) in [6, 6.07) is 1.79. The molecule has 3 rings (SSSR count). The number of carbonyl (C=O) groups excluding carboxylic acids is 2. The van der Waals surface area contributed by atoms with E-state index < -0.39 is 11.6 Å². The Kier molecular flexibility index (Phi) is 6.82. The molecule has 168 valence electrons. The first kappa shape index (κ1) is 22.6. The van der Waals surface area contributed by atoms with Crippen molar-refractivity contribution < 1.29 is 19.1 Å². The van der Waals surface area contributed by atoms with Gasteiger partial charge in [0, 0.05) is 19.3 Å². The molecule has 0 spiro atoms. The number of methoxy groups -OCH3 is 1. The molecular formula is C22H31N5O4. The number of carbonyl (C=O) groups is 2. The van der Waals surface area contributed by atoms with Crippen molar-refractivity contribution in [2.24, 2.45) is 0 Å². The number of aromatic nitrogens is 3. The lowest BCUT2D eigenvalue weighted by atomic mass is 10.1. The Labute approximate surface area is 182 Å². The molecule has 2 aromatic heterocycles. The predicted molar refractivity (Wildman–Crippen MR) is 117 cm³/mol. The maximum absolute atomic E-state index is 12.4. The summed E-state index contributed by atoms with van der Waals surface area (Å²) in [6.07, 6.45) is 7.22. The lowest BCUT2D eigenvalue weighted by molar-refractivity contribution is 0.0255. The van der Waals surface area contributed by atoms with Gasteiger partial charge < -0.3 is 19.7 Å². The van der Waals surface area contributed by atoms with E-state index in [9.17, 15) is 9.59 Å². The average Bonchev–Trinajstić information content (AvgIpc) is 2.92. The Morgan fingerprint density at radius 2 is 1.94 bits per heavy atom. The number of pyridine rings is 1. The van der Waals surface area contributed by atoms with Gasteiger partial charge >= 0.3 is 12.1 Å². The second kappa shape index (κ2) is 9.36. The molecule has 31 heavy (non-hydrogen) atoms. The van der Waals surface area contributed by atoms with E-state index in [0.29, 0.717) is 24.3 Å². The molecule has 0 bridgehead atoms. The van der Waals surface area contributed by atoms with Gasteiger partial charge in [0.1, 0.15) is 5.60 Å². The number of esters is 1. The normalized spacial score (nSPS) is 17.1. The van der Waals surface area contributed by atoms with Crippen LogP contribution in [-0.4, -0.2) is 57.5 Å². The maximum atomic E-state index is 12.4. The van der Waals surface area contributed by atoms with Gasteiger partial charge in [-0.15, -0.1) is 0 Å². The second-order valence-electron chi connectivity index (χ2n) is 8.68. The fourth-order valence-corrected chi connectivity index (χ4v) is 3.67. The molecule has 9 heteroatoms. The standard InChI is InChI=1S/C22H31N5O4/c1-15-18(25-19-13-23-10-8-17(19)20(28)30-5)14-24-27(15)16-7-6-11-26(12-9-16)21(29)31-22(2,3)4/h8,10,13-14,16,25H,6-7,9,11-12H2,1-5H3/t16-/m1/s1. The molecule has 0 saturated carbocycles. The third-order valence-electron chi connectivity index (χ3n) is 5.24. The second-order valence-corrected chi connectivity index (χ2v) is 8.68. The molecule has 1 atom stereocenters. The Morgan fingerprint density at radius 3 is 2.65 bits per heavy atom. The van der Waals surface area contributed by atoms with Crippen LogP contribution in [-0.2, 0) is 9.47 Å². The number of nitrogens with zero attached hydrogens (tertiary/aromatic N) is 4. The summed E-state index contributed by atoms with van der Waals surface area (Å²) >= 11 is 0. The van der Waals surface area contributed by atoms with Crippen molar-refractivity contribution in [3.63, 3.8) is 0 Å². The molecule has 1 fully saturated rings. The summed E-state index contributed by atoms with van der Waals surface area (Å²) in [5, 5.41) is 7.84. The highest BCUT2D eigenvalue weighted by atomic mass is 16.6. The van der Waals surface area contributed by atoms with Crippen LogP contribution in [0.2, 0.25) is 0 Å². The topological polar surface area (TPSA) is 98.6 Å². The van der Waals surface area contributed by atoms with Crippen molar-refractivity contribution in [3.05, 3.63) is 35.9 Å². The fourth-order valence-electron chi connectivity index (χ4n) is 3.67. The zero-order valence-corrected chi connectivity index (χ0v) is 18.8. The first-order valence-electron chi connectivity index (χ1n) is 10.5. The molecule has 1 N–H and O–H groups in total. The lowest BCUT2D eigenvalue weighted by Gasteiger charge is -2.26. The highest BCUT2D eigenvalue weighted by Crippen LogP contribution is 2.29. The van der Waals surface area contributed by atoms with Gasteiger partial charge in [-0.2, -0.15) is 5.10 Å².